The van der Waals surface area contributed by atoms with Crippen LogP contribution in [0.15, 0.2) is 72.8 Å². The predicted octanol–water partition coefficient (Wildman–Crippen LogP) is 6.97. The van der Waals surface area contributed by atoms with Gasteiger partial charge in [0.1, 0.15) is 11.5 Å². The van der Waals surface area contributed by atoms with Crippen molar-refractivity contribution in [1.29, 1.82) is 0 Å². The Balaban J connectivity index is 1.47. The van der Waals surface area contributed by atoms with E-state index >= 15 is 0 Å². The molecule has 2 nitrogen and oxygen atoms in total. The quantitative estimate of drug-likeness (QED) is 0.315. The third-order valence-electron chi connectivity index (χ3n) is 5.05. The Morgan fingerprint density at radius 1 is 0.531 bits per heavy atom. The van der Waals surface area contributed by atoms with Crippen LogP contribution >= 0.6 is 0 Å². The molecule has 0 amide bonds. The normalized spacial score (nSPS) is 10.2. The average Bonchev–Trinajstić information content (AvgIpc) is 2.83. The molecule has 0 fully saturated rings. The molecule has 0 saturated carbocycles. The van der Waals surface area contributed by atoms with Gasteiger partial charge in [0, 0.05) is 11.1 Å². The van der Waals surface area contributed by atoms with Crippen LogP contribution in [-0.2, 0) is 0 Å². The van der Waals surface area contributed by atoms with Gasteiger partial charge in [0.15, 0.2) is 0 Å². The van der Waals surface area contributed by atoms with Gasteiger partial charge in [-0.05, 0) is 94.8 Å². The predicted molar refractivity (Wildman–Crippen MR) is 133 cm³/mol. The molecule has 0 aromatic heterocycles. The van der Waals surface area contributed by atoms with Gasteiger partial charge in [0.25, 0.3) is 0 Å². The zero-order valence-corrected chi connectivity index (χ0v) is 18.6. The van der Waals surface area contributed by atoms with Crippen molar-refractivity contribution in [1.82, 2.24) is 0 Å². The molecular weight excluding hydrogens is 392 g/mol. The molecule has 0 atom stereocenters. The average molecular weight is 419 g/mol. The standard InChI is InChI=1S/C30H26O2/c1-3-17-31-29-15-13-25-19-23(9-11-27(25)21-29)7-5-6-8-24-10-12-28-22-30(32-18-4-2)16-14-26(28)20-24/h9-16,19-22H,3-4,17-18H2,1-2H3. The van der Waals surface area contributed by atoms with E-state index in [1.807, 2.05) is 24.3 Å². The fourth-order valence-corrected chi connectivity index (χ4v) is 3.43. The Kier molecular flexibility index (Phi) is 6.96. The lowest BCUT2D eigenvalue weighted by Crippen LogP contribution is -1.94. The second-order valence-corrected chi connectivity index (χ2v) is 7.64. The first-order valence-corrected chi connectivity index (χ1v) is 11.1. The van der Waals surface area contributed by atoms with Crippen molar-refractivity contribution in [2.24, 2.45) is 0 Å². The van der Waals surface area contributed by atoms with Crippen LogP contribution in [-0.4, -0.2) is 13.2 Å². The van der Waals surface area contributed by atoms with E-state index in [9.17, 15) is 0 Å². The maximum atomic E-state index is 5.71. The molecule has 0 aliphatic carbocycles. The first-order chi connectivity index (χ1) is 15.7. The number of fused-ring (bicyclic) bond motifs is 2. The molecule has 4 aromatic carbocycles. The first kappa shape index (κ1) is 21.4. The largest absolute Gasteiger partial charge is 0.494 e. The Bertz CT molecular complexity index is 1250. The van der Waals surface area contributed by atoms with Crippen molar-refractivity contribution in [3.05, 3.63) is 83.9 Å². The minimum absolute atomic E-state index is 0.735. The fourth-order valence-electron chi connectivity index (χ4n) is 3.43. The molecule has 0 saturated heterocycles. The topological polar surface area (TPSA) is 18.5 Å². The van der Waals surface area contributed by atoms with E-state index in [0.717, 1.165) is 70.2 Å². The summed E-state index contributed by atoms with van der Waals surface area (Å²) in [6.45, 7) is 5.68. The minimum Gasteiger partial charge on any atom is -0.494 e. The van der Waals surface area contributed by atoms with Crippen LogP contribution in [0, 0.1) is 23.7 Å². The molecular formula is C30H26O2. The third-order valence-corrected chi connectivity index (χ3v) is 5.05. The minimum atomic E-state index is 0.735. The zero-order chi connectivity index (χ0) is 22.2. The van der Waals surface area contributed by atoms with Gasteiger partial charge in [-0.25, -0.2) is 0 Å². The van der Waals surface area contributed by atoms with Crippen LogP contribution in [0.4, 0.5) is 0 Å². The molecule has 0 radical (unpaired) electrons. The van der Waals surface area contributed by atoms with Crippen molar-refractivity contribution in [2.45, 2.75) is 26.7 Å². The second-order valence-electron chi connectivity index (χ2n) is 7.64. The summed E-state index contributed by atoms with van der Waals surface area (Å²) < 4.78 is 11.4. The highest BCUT2D eigenvalue weighted by atomic mass is 16.5. The van der Waals surface area contributed by atoms with Gasteiger partial charge >= 0.3 is 0 Å². The number of benzene rings is 4. The van der Waals surface area contributed by atoms with Crippen molar-refractivity contribution >= 4 is 21.5 Å². The molecule has 158 valence electrons. The Morgan fingerprint density at radius 3 is 1.38 bits per heavy atom. The molecule has 4 aromatic rings. The summed E-state index contributed by atoms with van der Waals surface area (Å²) in [6, 6.07) is 24.7. The number of rotatable bonds is 6. The number of hydrogen-bond donors (Lipinski definition) is 0. The first-order valence-electron chi connectivity index (χ1n) is 11.1. The molecule has 0 spiro atoms. The zero-order valence-electron chi connectivity index (χ0n) is 18.6. The summed E-state index contributed by atoms with van der Waals surface area (Å²) in [7, 11) is 0. The van der Waals surface area contributed by atoms with Gasteiger partial charge in [-0.2, -0.15) is 0 Å². The van der Waals surface area contributed by atoms with Crippen LogP contribution in [0.5, 0.6) is 11.5 Å². The van der Waals surface area contributed by atoms with E-state index < -0.39 is 0 Å². The molecule has 0 aliphatic rings. The Morgan fingerprint density at radius 2 is 0.938 bits per heavy atom. The second kappa shape index (κ2) is 10.4. The molecule has 0 aliphatic heterocycles. The highest BCUT2D eigenvalue weighted by molar-refractivity contribution is 5.86. The van der Waals surface area contributed by atoms with Crippen LogP contribution in [0.2, 0.25) is 0 Å². The summed E-state index contributed by atoms with van der Waals surface area (Å²) in [5, 5.41) is 4.58. The fraction of sp³-hybridized carbons (Fsp3) is 0.200. The van der Waals surface area contributed by atoms with Gasteiger partial charge in [-0.1, -0.05) is 50.0 Å². The highest BCUT2D eigenvalue weighted by Crippen LogP contribution is 2.23. The van der Waals surface area contributed by atoms with E-state index in [0.29, 0.717) is 0 Å². The molecule has 0 heterocycles. The van der Waals surface area contributed by atoms with Crippen molar-refractivity contribution < 1.29 is 9.47 Å². The summed E-state index contributed by atoms with van der Waals surface area (Å²) in [4.78, 5) is 0. The van der Waals surface area contributed by atoms with Gasteiger partial charge in [-0.3, -0.25) is 0 Å². The summed E-state index contributed by atoms with van der Waals surface area (Å²) >= 11 is 0. The summed E-state index contributed by atoms with van der Waals surface area (Å²) in [5.41, 5.74) is 1.90. The van der Waals surface area contributed by atoms with Gasteiger partial charge in [0.05, 0.1) is 13.2 Å². The molecule has 0 bridgehead atoms. The smallest absolute Gasteiger partial charge is 0.119 e. The van der Waals surface area contributed by atoms with Crippen molar-refractivity contribution in [3.63, 3.8) is 0 Å². The van der Waals surface area contributed by atoms with Gasteiger partial charge in [-0.15, -0.1) is 0 Å². The maximum absolute atomic E-state index is 5.71. The molecule has 2 heteroatoms. The van der Waals surface area contributed by atoms with Crippen LogP contribution in [0.3, 0.4) is 0 Å². The Hall–Kier alpha value is -3.88. The van der Waals surface area contributed by atoms with Crippen molar-refractivity contribution in [3.8, 4) is 35.2 Å². The SMILES string of the molecule is CCCOc1ccc2cc(C#CC#Cc3ccc4cc(OCCC)ccc4c3)ccc2c1. The third kappa shape index (κ3) is 5.42. The molecule has 32 heavy (non-hydrogen) atoms. The van der Waals surface area contributed by atoms with Gasteiger partial charge < -0.3 is 9.47 Å². The lowest BCUT2D eigenvalue weighted by Gasteiger charge is -2.06. The van der Waals surface area contributed by atoms with Crippen LogP contribution < -0.4 is 9.47 Å². The molecule has 4 rings (SSSR count). The monoisotopic (exact) mass is 418 g/mol. The highest BCUT2D eigenvalue weighted by Gasteiger charge is 2.00. The number of hydrogen-bond acceptors (Lipinski definition) is 2. The van der Waals surface area contributed by atoms with E-state index in [2.05, 4.69) is 86.1 Å². The van der Waals surface area contributed by atoms with Crippen LogP contribution in [0.1, 0.15) is 37.8 Å². The Labute approximate surface area is 190 Å². The van der Waals surface area contributed by atoms with Crippen molar-refractivity contribution in [2.75, 3.05) is 13.2 Å². The van der Waals surface area contributed by atoms with E-state index in [4.69, 9.17) is 9.47 Å². The lowest BCUT2D eigenvalue weighted by atomic mass is 10.1. The molecule has 0 unspecified atom stereocenters. The summed E-state index contributed by atoms with van der Waals surface area (Å²) in [6.07, 6.45) is 2.00. The van der Waals surface area contributed by atoms with Gasteiger partial charge in [0.2, 0.25) is 0 Å². The van der Waals surface area contributed by atoms with E-state index in [1.54, 1.807) is 0 Å². The van der Waals surface area contributed by atoms with E-state index in [-0.39, 0.29) is 0 Å². The molecule has 0 N–H and O–H groups in total. The lowest BCUT2D eigenvalue weighted by molar-refractivity contribution is 0.318. The number of ether oxygens (including phenoxy) is 2. The van der Waals surface area contributed by atoms with E-state index in [1.165, 1.54) is 0 Å². The summed E-state index contributed by atoms with van der Waals surface area (Å²) in [5.74, 6) is 14.1. The van der Waals surface area contributed by atoms with Crippen LogP contribution in [0.25, 0.3) is 21.5 Å². The maximum Gasteiger partial charge on any atom is 0.119 e.